The van der Waals surface area contributed by atoms with Crippen molar-refractivity contribution in [3.63, 3.8) is 0 Å². The molecule has 2 N–H and O–H groups in total. The summed E-state index contributed by atoms with van der Waals surface area (Å²) in [6.07, 6.45) is 5.57. The summed E-state index contributed by atoms with van der Waals surface area (Å²) in [5.74, 6) is 0. The van der Waals surface area contributed by atoms with Gasteiger partial charge in [-0.15, -0.1) is 0 Å². The fraction of sp³-hybridized carbons (Fsp3) is 0.353. The first-order valence-electron chi connectivity index (χ1n) is 6.74. The zero-order valence-corrected chi connectivity index (χ0v) is 12.0. The quantitative estimate of drug-likeness (QED) is 0.907. The van der Waals surface area contributed by atoms with Crippen LogP contribution in [0.3, 0.4) is 0 Å². The van der Waals surface area contributed by atoms with Gasteiger partial charge in [-0.05, 0) is 56.9 Å². The average molecular weight is 254 g/mol. The molecule has 0 aliphatic heterocycles. The zero-order valence-electron chi connectivity index (χ0n) is 12.0. The van der Waals surface area contributed by atoms with Crippen LogP contribution >= 0.6 is 0 Å². The summed E-state index contributed by atoms with van der Waals surface area (Å²) in [5, 5.41) is 0. The van der Waals surface area contributed by atoms with E-state index in [2.05, 4.69) is 56.1 Å². The Morgan fingerprint density at radius 1 is 1.05 bits per heavy atom. The normalized spacial score (nSPS) is 14.1. The fourth-order valence-corrected chi connectivity index (χ4v) is 2.40. The topological polar surface area (TPSA) is 38.9 Å². The van der Waals surface area contributed by atoms with Crippen LogP contribution in [0, 0.1) is 13.8 Å². The number of nitrogens with zero attached hydrogens (tertiary/aromatic N) is 1. The molecule has 0 aliphatic carbocycles. The van der Waals surface area contributed by atoms with Crippen molar-refractivity contribution in [3.8, 4) is 0 Å². The lowest BCUT2D eigenvalue weighted by atomic mass is 9.85. The molecule has 1 atom stereocenters. The molecule has 2 nitrogen and oxygen atoms in total. The van der Waals surface area contributed by atoms with Crippen molar-refractivity contribution in [1.29, 1.82) is 0 Å². The van der Waals surface area contributed by atoms with Crippen LogP contribution in [0.1, 0.15) is 35.6 Å². The van der Waals surface area contributed by atoms with E-state index in [0.29, 0.717) is 0 Å². The first-order chi connectivity index (χ1) is 8.97. The van der Waals surface area contributed by atoms with Crippen LogP contribution in [0.25, 0.3) is 0 Å². The number of hydrogen-bond donors (Lipinski definition) is 1. The van der Waals surface area contributed by atoms with Gasteiger partial charge in [-0.3, -0.25) is 4.98 Å². The van der Waals surface area contributed by atoms with Gasteiger partial charge >= 0.3 is 0 Å². The molecule has 0 spiro atoms. The van der Waals surface area contributed by atoms with Crippen LogP contribution in [0.4, 0.5) is 0 Å². The van der Waals surface area contributed by atoms with Crippen LogP contribution in [0.5, 0.6) is 0 Å². The van der Waals surface area contributed by atoms with E-state index in [1.54, 1.807) is 0 Å². The van der Waals surface area contributed by atoms with E-state index < -0.39 is 0 Å². The third-order valence-electron chi connectivity index (χ3n) is 3.56. The molecule has 2 heteroatoms. The molecule has 0 aliphatic rings. The van der Waals surface area contributed by atoms with E-state index in [4.69, 9.17) is 5.73 Å². The fourth-order valence-electron chi connectivity index (χ4n) is 2.40. The number of aryl methyl sites for hydroxylation is 3. The molecular formula is C17H22N2. The predicted molar refractivity (Wildman–Crippen MR) is 80.0 cm³/mol. The van der Waals surface area contributed by atoms with Gasteiger partial charge in [0.2, 0.25) is 0 Å². The van der Waals surface area contributed by atoms with Gasteiger partial charge in [0.1, 0.15) is 0 Å². The Bertz CT molecular complexity index is 524. The van der Waals surface area contributed by atoms with E-state index in [-0.39, 0.29) is 5.54 Å². The number of nitrogens with two attached hydrogens (primary N) is 1. The predicted octanol–water partition coefficient (Wildman–Crippen LogP) is 3.51. The standard InChI is InChI=1S/C17H22N2/c1-13-10-14(2)12-16(11-13)17(3,18)7-4-15-5-8-19-9-6-15/h5-6,8-12H,4,7,18H2,1-3H3. The maximum atomic E-state index is 6.51. The minimum absolute atomic E-state index is 0.292. The van der Waals surface area contributed by atoms with Gasteiger partial charge in [0.25, 0.3) is 0 Å². The van der Waals surface area contributed by atoms with Crippen LogP contribution in [-0.2, 0) is 12.0 Å². The lowest BCUT2D eigenvalue weighted by Crippen LogP contribution is -2.33. The largest absolute Gasteiger partial charge is 0.322 e. The minimum Gasteiger partial charge on any atom is -0.322 e. The average Bonchev–Trinajstić information content (AvgIpc) is 2.37. The van der Waals surface area contributed by atoms with Gasteiger partial charge in [0.05, 0.1) is 0 Å². The first-order valence-corrected chi connectivity index (χ1v) is 6.74. The van der Waals surface area contributed by atoms with Crippen molar-refractivity contribution >= 4 is 0 Å². The Morgan fingerprint density at radius 3 is 2.21 bits per heavy atom. The summed E-state index contributed by atoms with van der Waals surface area (Å²) in [7, 11) is 0. The molecule has 2 aromatic rings. The number of rotatable bonds is 4. The highest BCUT2D eigenvalue weighted by Gasteiger charge is 2.21. The third kappa shape index (κ3) is 3.65. The van der Waals surface area contributed by atoms with Crippen LogP contribution < -0.4 is 5.73 Å². The Labute approximate surface area is 115 Å². The van der Waals surface area contributed by atoms with Gasteiger partial charge in [-0.2, -0.15) is 0 Å². The van der Waals surface area contributed by atoms with E-state index in [0.717, 1.165) is 12.8 Å². The summed E-state index contributed by atoms with van der Waals surface area (Å²) < 4.78 is 0. The second-order valence-corrected chi connectivity index (χ2v) is 5.65. The van der Waals surface area contributed by atoms with Gasteiger partial charge < -0.3 is 5.73 Å². The molecule has 0 bridgehead atoms. The summed E-state index contributed by atoms with van der Waals surface area (Å²) in [4.78, 5) is 4.04. The Morgan fingerprint density at radius 2 is 1.63 bits per heavy atom. The monoisotopic (exact) mass is 254 g/mol. The Hall–Kier alpha value is -1.67. The molecule has 0 fully saturated rings. The summed E-state index contributed by atoms with van der Waals surface area (Å²) in [6, 6.07) is 10.7. The molecule has 1 unspecified atom stereocenters. The van der Waals surface area contributed by atoms with Gasteiger partial charge in [0, 0.05) is 17.9 Å². The van der Waals surface area contributed by atoms with Gasteiger partial charge in [0.15, 0.2) is 0 Å². The molecular weight excluding hydrogens is 232 g/mol. The molecule has 19 heavy (non-hydrogen) atoms. The van der Waals surface area contributed by atoms with Crippen molar-refractivity contribution in [2.45, 2.75) is 39.2 Å². The van der Waals surface area contributed by atoms with Crippen LogP contribution in [0.15, 0.2) is 42.7 Å². The van der Waals surface area contributed by atoms with E-state index in [1.807, 2.05) is 12.4 Å². The van der Waals surface area contributed by atoms with Crippen LogP contribution in [0.2, 0.25) is 0 Å². The first kappa shape index (κ1) is 13.8. The van der Waals surface area contributed by atoms with E-state index in [1.165, 1.54) is 22.3 Å². The van der Waals surface area contributed by atoms with Gasteiger partial charge in [-0.1, -0.05) is 29.3 Å². The molecule has 0 radical (unpaired) electrons. The Balaban J connectivity index is 2.13. The van der Waals surface area contributed by atoms with E-state index in [9.17, 15) is 0 Å². The smallest absolute Gasteiger partial charge is 0.0384 e. The lowest BCUT2D eigenvalue weighted by molar-refractivity contribution is 0.452. The van der Waals surface area contributed by atoms with Crippen molar-refractivity contribution in [1.82, 2.24) is 4.98 Å². The van der Waals surface area contributed by atoms with E-state index >= 15 is 0 Å². The molecule has 100 valence electrons. The molecule has 1 aromatic heterocycles. The summed E-state index contributed by atoms with van der Waals surface area (Å²) in [6.45, 7) is 6.35. The number of benzene rings is 1. The Kier molecular flexibility index (Phi) is 4.01. The molecule has 1 heterocycles. The minimum atomic E-state index is -0.292. The number of pyridine rings is 1. The second-order valence-electron chi connectivity index (χ2n) is 5.65. The highest BCUT2D eigenvalue weighted by atomic mass is 14.7. The maximum absolute atomic E-state index is 6.51. The molecule has 0 saturated heterocycles. The van der Waals surface area contributed by atoms with Crippen molar-refractivity contribution in [2.24, 2.45) is 5.73 Å². The summed E-state index contributed by atoms with van der Waals surface area (Å²) in [5.41, 5.74) is 11.3. The third-order valence-corrected chi connectivity index (χ3v) is 3.56. The maximum Gasteiger partial charge on any atom is 0.0384 e. The van der Waals surface area contributed by atoms with Gasteiger partial charge in [-0.25, -0.2) is 0 Å². The SMILES string of the molecule is Cc1cc(C)cc(C(C)(N)CCc2ccncc2)c1. The van der Waals surface area contributed by atoms with Crippen LogP contribution in [-0.4, -0.2) is 4.98 Å². The van der Waals surface area contributed by atoms with Crippen molar-refractivity contribution < 1.29 is 0 Å². The highest BCUT2D eigenvalue weighted by Crippen LogP contribution is 2.25. The lowest BCUT2D eigenvalue weighted by Gasteiger charge is -2.26. The highest BCUT2D eigenvalue weighted by molar-refractivity contribution is 5.33. The molecule has 0 saturated carbocycles. The molecule has 2 rings (SSSR count). The zero-order chi connectivity index (χ0) is 13.9. The van der Waals surface area contributed by atoms with Crippen molar-refractivity contribution in [2.75, 3.05) is 0 Å². The van der Waals surface area contributed by atoms with Crippen molar-refractivity contribution in [3.05, 3.63) is 65.0 Å². The molecule has 1 aromatic carbocycles. The number of aromatic nitrogens is 1. The molecule has 0 amide bonds. The summed E-state index contributed by atoms with van der Waals surface area (Å²) >= 11 is 0. The second kappa shape index (κ2) is 5.54. The number of hydrogen-bond acceptors (Lipinski definition) is 2.